The molecule has 0 spiro atoms. The first-order valence-corrected chi connectivity index (χ1v) is 8.77. The first kappa shape index (κ1) is 16.0. The topological polar surface area (TPSA) is 86.3 Å². The Morgan fingerprint density at radius 3 is 2.33 bits per heavy atom. The highest BCUT2D eigenvalue weighted by Crippen LogP contribution is 2.20. The summed E-state index contributed by atoms with van der Waals surface area (Å²) >= 11 is 0. The number of benzene rings is 1. The molecule has 0 heterocycles. The second-order valence-electron chi connectivity index (χ2n) is 5.47. The van der Waals surface area contributed by atoms with Crippen molar-refractivity contribution in [2.45, 2.75) is 55.9 Å². The number of aryl methyl sites for hydroxylation is 1. The Bertz CT molecular complexity index is 574. The highest BCUT2D eigenvalue weighted by Gasteiger charge is 2.21. The van der Waals surface area contributed by atoms with E-state index in [4.69, 9.17) is 0 Å². The molecule has 0 radical (unpaired) electrons. The Kier molecular flexibility index (Phi) is 5.36. The van der Waals surface area contributed by atoms with Crippen LogP contribution in [0.25, 0.3) is 0 Å². The van der Waals surface area contributed by atoms with Gasteiger partial charge in [0.05, 0.1) is 4.90 Å². The van der Waals surface area contributed by atoms with Gasteiger partial charge in [0.1, 0.15) is 0 Å². The van der Waals surface area contributed by atoms with E-state index < -0.39 is 16.0 Å². The normalized spacial score (nSPS) is 16.8. The molecule has 1 saturated carbocycles. The van der Waals surface area contributed by atoms with E-state index in [0.29, 0.717) is 6.42 Å². The number of carboxylic acid groups (broad SMARTS) is 1. The van der Waals surface area contributed by atoms with Crippen molar-refractivity contribution in [2.75, 3.05) is 0 Å². The summed E-state index contributed by atoms with van der Waals surface area (Å²) < 4.78 is 27.3. The minimum atomic E-state index is -3.49. The maximum absolute atomic E-state index is 12.3. The van der Waals surface area contributed by atoms with E-state index in [-0.39, 0.29) is 17.4 Å². The van der Waals surface area contributed by atoms with Crippen LogP contribution in [0.4, 0.5) is 0 Å². The number of sulfonamides is 1. The van der Waals surface area contributed by atoms with Crippen LogP contribution in [0.1, 0.15) is 44.1 Å². The number of hydrogen-bond donors (Lipinski definition) is 1. The molecule has 1 N–H and O–H groups in total. The van der Waals surface area contributed by atoms with E-state index in [1.165, 1.54) is 18.6 Å². The number of carbonyl (C=O) groups is 1. The molecule has 0 bridgehead atoms. The van der Waals surface area contributed by atoms with Gasteiger partial charge in [-0.1, -0.05) is 31.4 Å². The van der Waals surface area contributed by atoms with Gasteiger partial charge >= 0.3 is 0 Å². The molecular weight excluding hydrogens is 290 g/mol. The van der Waals surface area contributed by atoms with Crippen molar-refractivity contribution >= 4 is 16.0 Å². The minimum absolute atomic E-state index is 0.0292. The van der Waals surface area contributed by atoms with Crippen LogP contribution in [0.5, 0.6) is 0 Å². The maximum atomic E-state index is 12.3. The Balaban J connectivity index is 2.00. The van der Waals surface area contributed by atoms with Gasteiger partial charge in [-0.2, -0.15) is 0 Å². The predicted octanol–water partition coefficient (Wildman–Crippen LogP) is 0.980. The van der Waals surface area contributed by atoms with Crippen LogP contribution in [0, 0.1) is 0 Å². The Morgan fingerprint density at radius 1 is 1.14 bits per heavy atom. The van der Waals surface area contributed by atoms with E-state index in [1.54, 1.807) is 12.1 Å². The molecule has 6 heteroatoms. The lowest BCUT2D eigenvalue weighted by atomic mass is 9.96. The number of carboxylic acids is 1. The van der Waals surface area contributed by atoms with Crippen molar-refractivity contribution in [3.63, 3.8) is 0 Å². The zero-order chi connectivity index (χ0) is 15.3. The smallest absolute Gasteiger partial charge is 0.240 e. The van der Waals surface area contributed by atoms with Gasteiger partial charge in [-0.05, 0) is 43.4 Å². The molecule has 1 aliphatic rings. The fourth-order valence-corrected chi connectivity index (χ4v) is 3.89. The zero-order valence-electron chi connectivity index (χ0n) is 11.9. The van der Waals surface area contributed by atoms with Crippen molar-refractivity contribution in [3.05, 3.63) is 29.8 Å². The number of nitrogens with one attached hydrogen (secondary N) is 1. The van der Waals surface area contributed by atoms with Crippen LogP contribution >= 0.6 is 0 Å². The van der Waals surface area contributed by atoms with E-state index in [9.17, 15) is 18.3 Å². The van der Waals surface area contributed by atoms with Crippen molar-refractivity contribution in [1.82, 2.24) is 4.72 Å². The lowest BCUT2D eigenvalue weighted by Crippen LogP contribution is -2.36. The molecule has 1 aromatic rings. The SMILES string of the molecule is O=C([O-])CCc1ccc(S(=O)(=O)NC2CCCCC2)cc1. The summed E-state index contributed by atoms with van der Waals surface area (Å²) in [7, 11) is -3.49. The van der Waals surface area contributed by atoms with Crippen LogP contribution in [-0.4, -0.2) is 20.4 Å². The van der Waals surface area contributed by atoms with Crippen LogP contribution in [0.15, 0.2) is 29.2 Å². The highest BCUT2D eigenvalue weighted by atomic mass is 32.2. The summed E-state index contributed by atoms with van der Waals surface area (Å²) in [6.07, 6.45) is 5.37. The van der Waals surface area contributed by atoms with Crippen molar-refractivity contribution in [1.29, 1.82) is 0 Å². The first-order valence-electron chi connectivity index (χ1n) is 7.28. The fraction of sp³-hybridized carbons (Fsp3) is 0.533. The summed E-state index contributed by atoms with van der Waals surface area (Å²) in [5.41, 5.74) is 0.788. The van der Waals surface area contributed by atoms with Crippen LogP contribution < -0.4 is 9.83 Å². The molecule has 1 aliphatic carbocycles. The number of aliphatic carboxylic acids is 1. The molecule has 0 aliphatic heterocycles. The zero-order valence-corrected chi connectivity index (χ0v) is 12.7. The summed E-state index contributed by atoms with van der Waals surface area (Å²) in [6.45, 7) is 0. The minimum Gasteiger partial charge on any atom is -0.550 e. The van der Waals surface area contributed by atoms with E-state index in [0.717, 1.165) is 31.2 Å². The quantitative estimate of drug-likeness (QED) is 0.848. The van der Waals surface area contributed by atoms with Gasteiger partial charge in [0.2, 0.25) is 10.0 Å². The molecule has 116 valence electrons. The molecule has 0 amide bonds. The second-order valence-corrected chi connectivity index (χ2v) is 7.19. The third kappa shape index (κ3) is 4.82. The average molecular weight is 310 g/mol. The second kappa shape index (κ2) is 7.04. The van der Waals surface area contributed by atoms with Gasteiger partial charge in [0, 0.05) is 12.0 Å². The number of carbonyl (C=O) groups excluding carboxylic acids is 1. The van der Waals surface area contributed by atoms with Crippen molar-refractivity contribution < 1.29 is 18.3 Å². The van der Waals surface area contributed by atoms with Gasteiger partial charge in [-0.25, -0.2) is 13.1 Å². The van der Waals surface area contributed by atoms with Gasteiger partial charge in [0.25, 0.3) is 0 Å². The molecule has 2 rings (SSSR count). The average Bonchev–Trinajstić information content (AvgIpc) is 2.46. The van der Waals surface area contributed by atoms with Crippen LogP contribution in [0.3, 0.4) is 0 Å². The summed E-state index contributed by atoms with van der Waals surface area (Å²) in [6, 6.07) is 6.38. The molecular formula is C15H20NO4S-. The highest BCUT2D eigenvalue weighted by molar-refractivity contribution is 7.89. The van der Waals surface area contributed by atoms with Gasteiger partial charge in [0.15, 0.2) is 0 Å². The van der Waals surface area contributed by atoms with Crippen LogP contribution in [-0.2, 0) is 21.2 Å². The number of rotatable bonds is 6. The number of hydrogen-bond acceptors (Lipinski definition) is 4. The molecule has 21 heavy (non-hydrogen) atoms. The predicted molar refractivity (Wildman–Crippen MR) is 77.0 cm³/mol. The maximum Gasteiger partial charge on any atom is 0.240 e. The molecule has 0 unspecified atom stereocenters. The molecule has 1 aromatic carbocycles. The monoisotopic (exact) mass is 310 g/mol. The third-order valence-corrected chi connectivity index (χ3v) is 5.31. The first-order chi connectivity index (χ1) is 9.97. The van der Waals surface area contributed by atoms with Crippen molar-refractivity contribution in [3.8, 4) is 0 Å². The Morgan fingerprint density at radius 2 is 1.76 bits per heavy atom. The Hall–Kier alpha value is -1.40. The molecule has 0 aromatic heterocycles. The standard InChI is InChI=1S/C15H21NO4S/c17-15(18)11-8-12-6-9-14(10-7-12)21(19,20)16-13-4-2-1-3-5-13/h6-7,9-10,13,16H,1-5,8,11H2,(H,17,18)/p-1. The summed E-state index contributed by atoms with van der Waals surface area (Å²) in [5, 5.41) is 10.4. The van der Waals surface area contributed by atoms with E-state index in [2.05, 4.69) is 4.72 Å². The summed E-state index contributed by atoms with van der Waals surface area (Å²) in [4.78, 5) is 10.6. The molecule has 5 nitrogen and oxygen atoms in total. The van der Waals surface area contributed by atoms with E-state index in [1.807, 2.05) is 0 Å². The van der Waals surface area contributed by atoms with Crippen LogP contribution in [0.2, 0.25) is 0 Å². The Labute approximate surface area is 125 Å². The summed E-state index contributed by atoms with van der Waals surface area (Å²) in [5.74, 6) is -1.11. The van der Waals surface area contributed by atoms with Gasteiger partial charge in [-0.3, -0.25) is 0 Å². The fourth-order valence-electron chi connectivity index (χ4n) is 2.59. The third-order valence-electron chi connectivity index (χ3n) is 3.78. The molecule has 0 atom stereocenters. The largest absolute Gasteiger partial charge is 0.550 e. The van der Waals surface area contributed by atoms with Gasteiger partial charge < -0.3 is 9.90 Å². The lowest BCUT2D eigenvalue weighted by molar-refractivity contribution is -0.305. The molecule has 1 fully saturated rings. The van der Waals surface area contributed by atoms with E-state index >= 15 is 0 Å². The molecule has 0 saturated heterocycles. The van der Waals surface area contributed by atoms with Gasteiger partial charge in [-0.15, -0.1) is 0 Å². The van der Waals surface area contributed by atoms with Crippen molar-refractivity contribution in [2.24, 2.45) is 0 Å². The lowest BCUT2D eigenvalue weighted by Gasteiger charge is -2.22.